The molecule has 1 saturated heterocycles. The minimum absolute atomic E-state index is 0.0252. The second kappa shape index (κ2) is 7.90. The van der Waals surface area contributed by atoms with Crippen LogP contribution in [-0.2, 0) is 17.9 Å². The molecule has 1 heterocycles. The van der Waals surface area contributed by atoms with Crippen LogP contribution in [-0.4, -0.2) is 23.4 Å². The molecule has 24 heavy (non-hydrogen) atoms. The lowest BCUT2D eigenvalue weighted by Gasteiger charge is -2.23. The molecule has 2 aromatic rings. The fourth-order valence-corrected chi connectivity index (χ4v) is 3.52. The maximum Gasteiger partial charge on any atom is 0.237 e. The molecule has 0 spiro atoms. The molecule has 0 saturated carbocycles. The lowest BCUT2D eigenvalue weighted by Crippen LogP contribution is -2.42. The summed E-state index contributed by atoms with van der Waals surface area (Å²) in [7, 11) is 0. The number of nitrogens with one attached hydrogen (secondary N) is 1. The highest BCUT2D eigenvalue weighted by atomic mass is 79.9. The molecule has 5 heteroatoms. The summed E-state index contributed by atoms with van der Waals surface area (Å²) in [6, 6.07) is 14.8. The van der Waals surface area contributed by atoms with Crippen molar-refractivity contribution in [3.8, 4) is 0 Å². The molecule has 0 aromatic heterocycles. The van der Waals surface area contributed by atoms with Crippen LogP contribution in [0.2, 0.25) is 0 Å². The Bertz CT molecular complexity index is 708. The summed E-state index contributed by atoms with van der Waals surface area (Å²) in [6.07, 6.45) is 1.86. The third-order valence-electron chi connectivity index (χ3n) is 4.36. The van der Waals surface area contributed by atoms with Gasteiger partial charge in [0.25, 0.3) is 0 Å². The van der Waals surface area contributed by atoms with Gasteiger partial charge in [0.2, 0.25) is 5.91 Å². The largest absolute Gasteiger partial charge is 0.351 e. The van der Waals surface area contributed by atoms with Crippen molar-refractivity contribution in [2.24, 2.45) is 0 Å². The van der Waals surface area contributed by atoms with Gasteiger partial charge in [-0.2, -0.15) is 0 Å². The number of nitrogens with zero attached hydrogens (tertiary/aromatic N) is 1. The molecule has 2 aromatic carbocycles. The smallest absolute Gasteiger partial charge is 0.237 e. The van der Waals surface area contributed by atoms with Gasteiger partial charge in [0.05, 0.1) is 6.04 Å². The van der Waals surface area contributed by atoms with E-state index in [4.69, 9.17) is 0 Å². The maximum atomic E-state index is 13.8. The standard InChI is InChI=1S/C19H20BrFN2O/c20-16-8-9-17(21)15(11-16)12-22-19(24)18-7-4-10-23(18)13-14-5-2-1-3-6-14/h1-3,5-6,8-9,11,18H,4,7,10,12-13H2,(H,22,24)/t18-/m0/s1. The van der Waals surface area contributed by atoms with Gasteiger partial charge in [-0.15, -0.1) is 0 Å². The van der Waals surface area contributed by atoms with Gasteiger partial charge in [0.1, 0.15) is 5.82 Å². The zero-order valence-corrected chi connectivity index (χ0v) is 14.9. The summed E-state index contributed by atoms with van der Waals surface area (Å²) >= 11 is 3.33. The molecule has 0 unspecified atom stereocenters. The average Bonchev–Trinajstić information content (AvgIpc) is 3.04. The summed E-state index contributed by atoms with van der Waals surface area (Å²) in [6.45, 7) is 1.89. The first kappa shape index (κ1) is 17.1. The summed E-state index contributed by atoms with van der Waals surface area (Å²) in [4.78, 5) is 14.7. The predicted molar refractivity (Wildman–Crippen MR) is 95.8 cm³/mol. The van der Waals surface area contributed by atoms with Crippen molar-refractivity contribution in [3.05, 3.63) is 69.9 Å². The van der Waals surface area contributed by atoms with Crippen molar-refractivity contribution < 1.29 is 9.18 Å². The topological polar surface area (TPSA) is 32.3 Å². The zero-order chi connectivity index (χ0) is 16.9. The highest BCUT2D eigenvalue weighted by molar-refractivity contribution is 9.10. The van der Waals surface area contributed by atoms with Crippen LogP contribution in [0, 0.1) is 5.82 Å². The summed E-state index contributed by atoms with van der Waals surface area (Å²) in [5.41, 5.74) is 1.69. The first-order valence-corrected chi connectivity index (χ1v) is 8.92. The van der Waals surface area contributed by atoms with Gasteiger partial charge in [-0.25, -0.2) is 4.39 Å². The predicted octanol–water partition coefficient (Wildman–Crippen LogP) is 3.87. The minimum atomic E-state index is -0.300. The van der Waals surface area contributed by atoms with E-state index in [1.54, 1.807) is 12.1 Å². The summed E-state index contributed by atoms with van der Waals surface area (Å²) in [5, 5.41) is 2.88. The molecule has 1 amide bonds. The van der Waals surface area contributed by atoms with E-state index in [1.165, 1.54) is 11.6 Å². The van der Waals surface area contributed by atoms with Crippen LogP contribution in [0.3, 0.4) is 0 Å². The van der Waals surface area contributed by atoms with Crippen LogP contribution in [0.25, 0.3) is 0 Å². The van der Waals surface area contributed by atoms with Gasteiger partial charge in [-0.1, -0.05) is 46.3 Å². The van der Waals surface area contributed by atoms with Crippen LogP contribution in [0.5, 0.6) is 0 Å². The van der Waals surface area contributed by atoms with Crippen LogP contribution >= 0.6 is 15.9 Å². The number of carbonyl (C=O) groups excluding carboxylic acids is 1. The summed E-state index contributed by atoms with van der Waals surface area (Å²) < 4.78 is 14.6. The van der Waals surface area contributed by atoms with Crippen molar-refractivity contribution in [2.45, 2.75) is 32.0 Å². The molecular weight excluding hydrogens is 371 g/mol. The lowest BCUT2D eigenvalue weighted by molar-refractivity contribution is -0.125. The van der Waals surface area contributed by atoms with Gasteiger partial charge in [-0.3, -0.25) is 9.69 Å². The van der Waals surface area contributed by atoms with Gasteiger partial charge >= 0.3 is 0 Å². The lowest BCUT2D eigenvalue weighted by atomic mass is 10.1. The second-order valence-corrected chi connectivity index (χ2v) is 6.98. The first-order valence-electron chi connectivity index (χ1n) is 8.13. The molecule has 1 atom stereocenters. The zero-order valence-electron chi connectivity index (χ0n) is 13.3. The molecule has 0 radical (unpaired) electrons. The number of carbonyl (C=O) groups is 1. The Balaban J connectivity index is 1.60. The van der Waals surface area contributed by atoms with Crippen LogP contribution in [0.4, 0.5) is 4.39 Å². The minimum Gasteiger partial charge on any atom is -0.351 e. The maximum absolute atomic E-state index is 13.8. The molecule has 1 aliphatic heterocycles. The van der Waals surface area contributed by atoms with Gasteiger partial charge in [-0.05, 0) is 43.1 Å². The van der Waals surface area contributed by atoms with Gasteiger partial charge < -0.3 is 5.32 Å². The van der Waals surface area contributed by atoms with Crippen molar-refractivity contribution >= 4 is 21.8 Å². The van der Waals surface area contributed by atoms with Gasteiger partial charge in [0, 0.05) is 23.1 Å². The van der Waals surface area contributed by atoms with Crippen LogP contribution < -0.4 is 5.32 Å². The second-order valence-electron chi connectivity index (χ2n) is 6.07. The van der Waals surface area contributed by atoms with E-state index in [0.717, 1.165) is 30.4 Å². The van der Waals surface area contributed by atoms with Crippen LogP contribution in [0.15, 0.2) is 53.0 Å². The normalized spacial score (nSPS) is 17.8. The number of rotatable bonds is 5. The van der Waals surface area contributed by atoms with E-state index in [2.05, 4.69) is 38.3 Å². The SMILES string of the molecule is O=C(NCc1cc(Br)ccc1F)[C@@H]1CCCN1Cc1ccccc1. The number of amides is 1. The molecule has 0 bridgehead atoms. The van der Waals surface area contributed by atoms with E-state index >= 15 is 0 Å². The molecule has 1 aliphatic rings. The fraction of sp³-hybridized carbons (Fsp3) is 0.316. The van der Waals surface area contributed by atoms with E-state index in [1.807, 2.05) is 18.2 Å². The third kappa shape index (κ3) is 4.22. The van der Waals surface area contributed by atoms with Crippen molar-refractivity contribution in [2.75, 3.05) is 6.54 Å². The number of benzene rings is 2. The van der Waals surface area contributed by atoms with E-state index < -0.39 is 0 Å². The number of hydrogen-bond acceptors (Lipinski definition) is 2. The van der Waals surface area contributed by atoms with Crippen molar-refractivity contribution in [1.29, 1.82) is 0 Å². The Kier molecular flexibility index (Phi) is 5.63. The quantitative estimate of drug-likeness (QED) is 0.840. The Morgan fingerprint density at radius 1 is 1.25 bits per heavy atom. The molecule has 1 fully saturated rings. The Morgan fingerprint density at radius 2 is 2.04 bits per heavy atom. The van der Waals surface area contributed by atoms with Crippen molar-refractivity contribution in [3.63, 3.8) is 0 Å². The average molecular weight is 391 g/mol. The summed E-state index contributed by atoms with van der Waals surface area (Å²) in [5.74, 6) is -0.325. The van der Waals surface area contributed by atoms with E-state index in [0.29, 0.717) is 5.56 Å². The number of hydrogen-bond donors (Lipinski definition) is 1. The highest BCUT2D eigenvalue weighted by Crippen LogP contribution is 2.21. The monoisotopic (exact) mass is 390 g/mol. The third-order valence-corrected chi connectivity index (χ3v) is 4.85. The first-order chi connectivity index (χ1) is 11.6. The number of likely N-dealkylation sites (tertiary alicyclic amines) is 1. The Morgan fingerprint density at radius 3 is 2.83 bits per heavy atom. The molecule has 3 rings (SSSR count). The molecule has 3 nitrogen and oxygen atoms in total. The molecule has 1 N–H and O–H groups in total. The molecule has 0 aliphatic carbocycles. The Labute approximate surface area is 150 Å². The molecular formula is C19H20BrFN2O. The van der Waals surface area contributed by atoms with Gasteiger partial charge in [0.15, 0.2) is 0 Å². The fourth-order valence-electron chi connectivity index (χ4n) is 3.11. The van der Waals surface area contributed by atoms with E-state index in [9.17, 15) is 9.18 Å². The highest BCUT2D eigenvalue weighted by Gasteiger charge is 2.30. The number of halogens is 2. The molecule has 126 valence electrons. The Hall–Kier alpha value is -1.72. The van der Waals surface area contributed by atoms with Crippen LogP contribution in [0.1, 0.15) is 24.0 Å². The van der Waals surface area contributed by atoms with Crippen molar-refractivity contribution in [1.82, 2.24) is 10.2 Å². The van der Waals surface area contributed by atoms with E-state index in [-0.39, 0.29) is 24.3 Å².